The Morgan fingerprint density at radius 3 is 2.89 bits per heavy atom. The van der Waals surface area contributed by atoms with Crippen LogP contribution < -0.4 is 5.32 Å². The van der Waals surface area contributed by atoms with Crippen molar-refractivity contribution in [1.29, 1.82) is 0 Å². The lowest BCUT2D eigenvalue weighted by atomic mass is 10.1. The molecule has 27 heavy (non-hydrogen) atoms. The lowest BCUT2D eigenvalue weighted by Crippen LogP contribution is -2.31. The number of carbonyl (C=O) groups excluding carboxylic acids is 1. The highest BCUT2D eigenvalue weighted by Gasteiger charge is 2.23. The Hall–Kier alpha value is -2.24. The quantitative estimate of drug-likeness (QED) is 0.778. The average molecular weight is 367 g/mol. The van der Waals surface area contributed by atoms with Gasteiger partial charge in [-0.1, -0.05) is 30.3 Å². The van der Waals surface area contributed by atoms with Crippen LogP contribution in [0.2, 0.25) is 0 Å². The number of hydrogen-bond acceptors (Lipinski definition) is 4. The van der Waals surface area contributed by atoms with Crippen molar-refractivity contribution >= 4 is 5.91 Å². The minimum absolute atomic E-state index is 0.0908. The van der Waals surface area contributed by atoms with Crippen LogP contribution in [-0.4, -0.2) is 41.5 Å². The molecule has 1 fully saturated rings. The number of pyridine rings is 1. The van der Waals surface area contributed by atoms with Crippen molar-refractivity contribution in [2.24, 2.45) is 5.92 Å². The number of carbonyl (C=O) groups is 1. The van der Waals surface area contributed by atoms with Gasteiger partial charge in [0.25, 0.3) is 5.91 Å². The number of nitrogens with one attached hydrogen (secondary N) is 1. The number of hydrogen-bond donors (Lipinski definition) is 1. The molecule has 2 heterocycles. The van der Waals surface area contributed by atoms with Crippen molar-refractivity contribution in [2.75, 3.05) is 19.6 Å². The van der Waals surface area contributed by atoms with Crippen LogP contribution in [0.3, 0.4) is 0 Å². The molecule has 1 saturated heterocycles. The maximum absolute atomic E-state index is 12.1. The van der Waals surface area contributed by atoms with E-state index < -0.39 is 0 Å². The molecule has 0 radical (unpaired) electrons. The van der Waals surface area contributed by atoms with Gasteiger partial charge in [-0.3, -0.25) is 14.7 Å². The van der Waals surface area contributed by atoms with Crippen LogP contribution in [0.1, 0.15) is 41.9 Å². The number of ether oxygens (including phenoxy) is 1. The van der Waals surface area contributed by atoms with Crippen LogP contribution in [-0.2, 0) is 17.9 Å². The first-order chi connectivity index (χ1) is 13.1. The Bertz CT molecular complexity index is 733. The largest absolute Gasteiger partial charge is 0.374 e. The zero-order chi connectivity index (χ0) is 19.1. The summed E-state index contributed by atoms with van der Waals surface area (Å²) in [4.78, 5) is 18.7. The minimum atomic E-state index is -0.0908. The van der Waals surface area contributed by atoms with E-state index in [0.29, 0.717) is 24.8 Å². The molecule has 1 aliphatic heterocycles. The van der Waals surface area contributed by atoms with Gasteiger partial charge in [0, 0.05) is 25.8 Å². The van der Waals surface area contributed by atoms with Crippen molar-refractivity contribution < 1.29 is 9.53 Å². The van der Waals surface area contributed by atoms with Crippen molar-refractivity contribution in [3.05, 3.63) is 65.5 Å². The fourth-order valence-corrected chi connectivity index (χ4v) is 3.39. The summed E-state index contributed by atoms with van der Waals surface area (Å²) in [6.07, 6.45) is 3.00. The van der Waals surface area contributed by atoms with Crippen LogP contribution in [0.5, 0.6) is 0 Å². The molecule has 1 aliphatic rings. The topological polar surface area (TPSA) is 54.5 Å². The summed E-state index contributed by atoms with van der Waals surface area (Å²) in [5, 5.41) is 3.02. The fourth-order valence-electron chi connectivity index (χ4n) is 3.39. The van der Waals surface area contributed by atoms with Gasteiger partial charge in [-0.2, -0.15) is 0 Å². The number of nitrogens with zero attached hydrogens (tertiary/aromatic N) is 2. The van der Waals surface area contributed by atoms with Crippen molar-refractivity contribution in [3.63, 3.8) is 0 Å². The molecule has 0 saturated carbocycles. The van der Waals surface area contributed by atoms with Crippen LogP contribution in [0.15, 0.2) is 48.7 Å². The molecule has 1 unspecified atom stereocenters. The Balaban J connectivity index is 1.44. The van der Waals surface area contributed by atoms with Gasteiger partial charge in [0.2, 0.25) is 0 Å². The van der Waals surface area contributed by atoms with Gasteiger partial charge in [0.1, 0.15) is 5.69 Å². The van der Waals surface area contributed by atoms with Crippen molar-refractivity contribution in [3.8, 4) is 0 Å². The molecule has 1 N–H and O–H groups in total. The summed E-state index contributed by atoms with van der Waals surface area (Å²) >= 11 is 0. The molecule has 144 valence electrons. The highest BCUT2D eigenvalue weighted by atomic mass is 16.5. The molecule has 2 aromatic rings. The summed E-state index contributed by atoms with van der Waals surface area (Å²) in [7, 11) is 0. The van der Waals surface area contributed by atoms with E-state index in [-0.39, 0.29) is 12.0 Å². The summed E-state index contributed by atoms with van der Waals surface area (Å²) in [5.74, 6) is 0.400. The Labute approximate surface area is 161 Å². The van der Waals surface area contributed by atoms with Crippen molar-refractivity contribution in [2.45, 2.75) is 39.5 Å². The molecule has 5 heteroatoms. The zero-order valence-electron chi connectivity index (χ0n) is 16.2. The summed E-state index contributed by atoms with van der Waals surface area (Å²) in [6, 6.07) is 14.0. The highest BCUT2D eigenvalue weighted by molar-refractivity contribution is 5.92. The predicted molar refractivity (Wildman–Crippen MR) is 106 cm³/mol. The maximum Gasteiger partial charge on any atom is 0.269 e. The van der Waals surface area contributed by atoms with Gasteiger partial charge in [-0.25, -0.2) is 0 Å². The van der Waals surface area contributed by atoms with Gasteiger partial charge in [0.15, 0.2) is 0 Å². The number of rotatable bonds is 8. The minimum Gasteiger partial charge on any atom is -0.374 e. The standard InChI is InChI=1S/C22H29N3O2/c1-17(2)27-16-19-7-5-6-18(12-19)14-25-11-9-20(15-25)13-24-22(26)21-8-3-4-10-23-21/h3-8,10,12,17,20H,9,11,13-16H2,1-2H3,(H,24,26). The molecule has 1 aromatic carbocycles. The molecule has 1 aromatic heterocycles. The van der Waals surface area contributed by atoms with Gasteiger partial charge in [0.05, 0.1) is 12.7 Å². The molecule has 0 bridgehead atoms. The van der Waals surface area contributed by atoms with Gasteiger partial charge >= 0.3 is 0 Å². The third kappa shape index (κ3) is 6.15. The van der Waals surface area contributed by atoms with Crippen molar-refractivity contribution in [1.82, 2.24) is 15.2 Å². The molecule has 1 atom stereocenters. The van der Waals surface area contributed by atoms with Crippen LogP contribution in [0.25, 0.3) is 0 Å². The summed E-state index contributed by atoms with van der Waals surface area (Å²) in [5.41, 5.74) is 3.02. The second-order valence-corrected chi connectivity index (χ2v) is 7.49. The average Bonchev–Trinajstić information content (AvgIpc) is 3.13. The van der Waals surface area contributed by atoms with E-state index in [9.17, 15) is 4.79 Å². The smallest absolute Gasteiger partial charge is 0.269 e. The van der Waals surface area contributed by atoms with E-state index in [1.54, 1.807) is 12.3 Å². The lowest BCUT2D eigenvalue weighted by molar-refractivity contribution is 0.0656. The zero-order valence-corrected chi connectivity index (χ0v) is 16.2. The Morgan fingerprint density at radius 2 is 2.11 bits per heavy atom. The first kappa shape index (κ1) is 19.5. The molecule has 0 aliphatic carbocycles. The first-order valence-corrected chi connectivity index (χ1v) is 9.71. The molecular weight excluding hydrogens is 338 g/mol. The molecule has 0 spiro atoms. The van der Waals surface area contributed by atoms with E-state index in [1.807, 2.05) is 12.1 Å². The number of amides is 1. The molecule has 3 rings (SSSR count). The highest BCUT2D eigenvalue weighted by Crippen LogP contribution is 2.19. The maximum atomic E-state index is 12.1. The summed E-state index contributed by atoms with van der Waals surface area (Å²) < 4.78 is 5.70. The van der Waals surface area contributed by atoms with Crippen LogP contribution in [0, 0.1) is 5.92 Å². The van der Waals surface area contributed by atoms with Gasteiger partial charge < -0.3 is 10.1 Å². The van der Waals surface area contributed by atoms with Crippen LogP contribution in [0.4, 0.5) is 0 Å². The Morgan fingerprint density at radius 1 is 1.26 bits per heavy atom. The SMILES string of the molecule is CC(C)OCc1cccc(CN2CCC(CNC(=O)c3ccccn3)C2)c1. The van der Waals surface area contributed by atoms with E-state index in [1.165, 1.54) is 11.1 Å². The monoisotopic (exact) mass is 367 g/mol. The Kier molecular flexibility index (Phi) is 6.96. The fraction of sp³-hybridized carbons (Fsp3) is 0.455. The van der Waals surface area contributed by atoms with E-state index >= 15 is 0 Å². The second kappa shape index (κ2) is 9.62. The number of likely N-dealkylation sites (tertiary alicyclic amines) is 1. The molecule has 5 nitrogen and oxygen atoms in total. The van der Waals surface area contributed by atoms with Crippen LogP contribution >= 0.6 is 0 Å². The van der Waals surface area contributed by atoms with Gasteiger partial charge in [-0.15, -0.1) is 0 Å². The predicted octanol–water partition coefficient (Wildman–Crippen LogP) is 3.26. The normalized spacial score (nSPS) is 17.4. The van der Waals surface area contributed by atoms with E-state index in [2.05, 4.69) is 53.3 Å². The lowest BCUT2D eigenvalue weighted by Gasteiger charge is -2.17. The van der Waals surface area contributed by atoms with E-state index in [0.717, 1.165) is 26.1 Å². The number of benzene rings is 1. The van der Waals surface area contributed by atoms with E-state index in [4.69, 9.17) is 4.74 Å². The molecule has 1 amide bonds. The summed E-state index contributed by atoms with van der Waals surface area (Å²) in [6.45, 7) is 8.50. The third-order valence-corrected chi connectivity index (χ3v) is 4.80. The third-order valence-electron chi connectivity index (χ3n) is 4.80. The number of aromatic nitrogens is 1. The molecular formula is C22H29N3O2. The van der Waals surface area contributed by atoms with Gasteiger partial charge in [-0.05, 0) is 56.0 Å². The second-order valence-electron chi connectivity index (χ2n) is 7.49. The first-order valence-electron chi connectivity index (χ1n) is 9.71.